The van der Waals surface area contributed by atoms with Crippen molar-refractivity contribution < 1.29 is 19.1 Å². The number of nitrogens with zero attached hydrogens (tertiary/aromatic N) is 1. The molecule has 10 heteroatoms. The van der Waals surface area contributed by atoms with Gasteiger partial charge in [0.2, 0.25) is 0 Å². The Morgan fingerprint density at radius 1 is 0.833 bits per heavy atom. The van der Waals surface area contributed by atoms with Crippen LogP contribution in [-0.2, 0) is 17.9 Å². The van der Waals surface area contributed by atoms with Crippen LogP contribution < -0.4 is 9.47 Å². The van der Waals surface area contributed by atoms with Gasteiger partial charge in [0.05, 0.1) is 18.1 Å². The van der Waals surface area contributed by atoms with E-state index in [0.717, 1.165) is 22.2 Å². The number of ether oxygens (including phenoxy) is 2. The van der Waals surface area contributed by atoms with Crippen molar-refractivity contribution in [1.82, 2.24) is 4.90 Å². The van der Waals surface area contributed by atoms with Crippen LogP contribution >= 0.6 is 58.2 Å². The van der Waals surface area contributed by atoms with Crippen molar-refractivity contribution >= 4 is 75.4 Å². The van der Waals surface area contributed by atoms with Crippen LogP contribution in [0, 0.1) is 0 Å². The van der Waals surface area contributed by atoms with Gasteiger partial charge in [0.15, 0.2) is 11.5 Å². The molecule has 4 rings (SSSR count). The summed E-state index contributed by atoms with van der Waals surface area (Å²) in [7, 11) is 0. The normalized spacial score (nSPS) is 14.6. The molecule has 5 nitrogen and oxygen atoms in total. The molecule has 1 aliphatic heterocycles. The summed E-state index contributed by atoms with van der Waals surface area (Å²) in [6.45, 7) is 2.56. The van der Waals surface area contributed by atoms with Crippen LogP contribution in [0.1, 0.15) is 23.6 Å². The lowest BCUT2D eigenvalue weighted by atomic mass is 10.1. The fourth-order valence-electron chi connectivity index (χ4n) is 3.40. The third kappa shape index (κ3) is 6.31. The van der Waals surface area contributed by atoms with Crippen LogP contribution in [0.15, 0.2) is 59.5 Å². The van der Waals surface area contributed by atoms with E-state index >= 15 is 0 Å². The maximum atomic E-state index is 13.0. The Balaban J connectivity index is 1.51. The van der Waals surface area contributed by atoms with E-state index in [-0.39, 0.29) is 18.4 Å². The number of thioether (sulfide) groups is 1. The zero-order valence-corrected chi connectivity index (χ0v) is 22.7. The lowest BCUT2D eigenvalue weighted by Gasteiger charge is -2.14. The first-order chi connectivity index (χ1) is 17.2. The molecular formula is C26H19Cl4NO4S. The Hall–Kier alpha value is -2.35. The highest BCUT2D eigenvalue weighted by molar-refractivity contribution is 8.18. The number of imide groups is 1. The zero-order chi connectivity index (χ0) is 25.8. The highest BCUT2D eigenvalue weighted by Crippen LogP contribution is 2.36. The predicted octanol–water partition coefficient (Wildman–Crippen LogP) is 8.51. The molecule has 1 aliphatic rings. The van der Waals surface area contributed by atoms with Gasteiger partial charge in [-0.2, -0.15) is 0 Å². The van der Waals surface area contributed by atoms with Crippen molar-refractivity contribution in [3.8, 4) is 11.5 Å². The monoisotopic (exact) mass is 581 g/mol. The standard InChI is InChI=1S/C26H19Cl4NO4S/c1-2-34-23-9-15(3-8-22(23)35-14-17-5-7-19(28)12-21(17)30)10-24-25(32)31(26(33)36-24)13-16-4-6-18(27)11-20(16)29/h3-12H,2,13-14H2,1H3/b24-10-. The molecule has 1 saturated heterocycles. The molecule has 0 bridgehead atoms. The highest BCUT2D eigenvalue weighted by Gasteiger charge is 2.35. The Labute approximate surface area is 232 Å². The van der Waals surface area contributed by atoms with Crippen molar-refractivity contribution in [2.24, 2.45) is 0 Å². The molecule has 2 amide bonds. The van der Waals surface area contributed by atoms with Crippen molar-refractivity contribution in [2.45, 2.75) is 20.1 Å². The van der Waals surface area contributed by atoms with Gasteiger partial charge < -0.3 is 9.47 Å². The molecule has 36 heavy (non-hydrogen) atoms. The summed E-state index contributed by atoms with van der Waals surface area (Å²) in [5.74, 6) is 0.626. The summed E-state index contributed by atoms with van der Waals surface area (Å²) in [6.07, 6.45) is 1.65. The van der Waals surface area contributed by atoms with Gasteiger partial charge in [-0.05, 0) is 72.3 Å². The predicted molar refractivity (Wildman–Crippen MR) is 146 cm³/mol. The largest absolute Gasteiger partial charge is 0.490 e. The highest BCUT2D eigenvalue weighted by atomic mass is 35.5. The minimum absolute atomic E-state index is 0.0578. The number of hydrogen-bond donors (Lipinski definition) is 0. The molecule has 3 aromatic carbocycles. The number of halogens is 4. The number of amides is 2. The SMILES string of the molecule is CCOc1cc(/C=C2\SC(=O)N(Cc3ccc(Cl)cc3Cl)C2=O)ccc1OCc1ccc(Cl)cc1Cl. The smallest absolute Gasteiger partial charge is 0.293 e. The topological polar surface area (TPSA) is 55.8 Å². The van der Waals surface area contributed by atoms with E-state index in [9.17, 15) is 9.59 Å². The molecule has 0 unspecified atom stereocenters. The van der Waals surface area contributed by atoms with Gasteiger partial charge in [0.25, 0.3) is 11.1 Å². The number of rotatable bonds is 8. The Morgan fingerprint density at radius 2 is 1.50 bits per heavy atom. The van der Waals surface area contributed by atoms with Gasteiger partial charge in [0.1, 0.15) is 6.61 Å². The van der Waals surface area contributed by atoms with Crippen molar-refractivity contribution in [3.63, 3.8) is 0 Å². The minimum Gasteiger partial charge on any atom is -0.490 e. The van der Waals surface area contributed by atoms with Crippen LogP contribution in [0.25, 0.3) is 6.08 Å². The molecule has 0 saturated carbocycles. The summed E-state index contributed by atoms with van der Waals surface area (Å²) in [4.78, 5) is 27.0. The van der Waals surface area contributed by atoms with E-state index in [2.05, 4.69) is 0 Å². The lowest BCUT2D eigenvalue weighted by Crippen LogP contribution is -2.27. The van der Waals surface area contributed by atoms with Crippen LogP contribution in [0.2, 0.25) is 20.1 Å². The molecule has 0 N–H and O–H groups in total. The molecule has 1 heterocycles. The van der Waals surface area contributed by atoms with Crippen LogP contribution in [0.3, 0.4) is 0 Å². The molecule has 0 radical (unpaired) electrons. The summed E-state index contributed by atoms with van der Waals surface area (Å²) < 4.78 is 11.7. The molecule has 3 aromatic rings. The van der Waals surface area contributed by atoms with Gasteiger partial charge in [-0.25, -0.2) is 0 Å². The van der Waals surface area contributed by atoms with Crippen LogP contribution in [0.4, 0.5) is 4.79 Å². The second kappa shape index (κ2) is 11.8. The number of carbonyl (C=O) groups excluding carboxylic acids is 2. The quantitative estimate of drug-likeness (QED) is 0.249. The van der Waals surface area contributed by atoms with Crippen molar-refractivity contribution in [3.05, 3.63) is 96.3 Å². The molecule has 0 spiro atoms. The van der Waals surface area contributed by atoms with E-state index in [1.807, 2.05) is 6.92 Å². The van der Waals surface area contributed by atoms with Crippen LogP contribution in [-0.4, -0.2) is 22.7 Å². The summed E-state index contributed by atoms with van der Waals surface area (Å²) >= 11 is 25.2. The fraction of sp³-hybridized carbons (Fsp3) is 0.154. The van der Waals surface area contributed by atoms with Gasteiger partial charge in [-0.3, -0.25) is 14.5 Å². The summed E-state index contributed by atoms with van der Waals surface area (Å²) in [6, 6.07) is 15.4. The van der Waals surface area contributed by atoms with E-state index in [1.54, 1.807) is 60.7 Å². The van der Waals surface area contributed by atoms with E-state index in [1.165, 1.54) is 0 Å². The minimum atomic E-state index is -0.397. The maximum absolute atomic E-state index is 13.0. The van der Waals surface area contributed by atoms with Gasteiger partial charge in [-0.1, -0.05) is 64.6 Å². The zero-order valence-electron chi connectivity index (χ0n) is 18.9. The Bertz CT molecular complexity index is 1360. The first kappa shape index (κ1) is 26.7. The summed E-state index contributed by atoms with van der Waals surface area (Å²) in [5, 5.41) is 1.55. The Kier molecular flexibility index (Phi) is 8.75. The van der Waals surface area contributed by atoms with Crippen LogP contribution in [0.5, 0.6) is 11.5 Å². The average Bonchev–Trinajstić information content (AvgIpc) is 3.08. The second-order valence-corrected chi connectivity index (χ2v) is 10.3. The molecule has 1 fully saturated rings. The number of hydrogen-bond acceptors (Lipinski definition) is 5. The van der Waals surface area contributed by atoms with Gasteiger partial charge in [0, 0.05) is 25.7 Å². The average molecular weight is 583 g/mol. The van der Waals surface area contributed by atoms with E-state index in [4.69, 9.17) is 55.9 Å². The first-order valence-corrected chi connectivity index (χ1v) is 13.1. The van der Waals surface area contributed by atoms with Gasteiger partial charge >= 0.3 is 0 Å². The van der Waals surface area contributed by atoms with E-state index < -0.39 is 5.91 Å². The molecular weight excluding hydrogens is 564 g/mol. The fourth-order valence-corrected chi connectivity index (χ4v) is 5.17. The third-order valence-corrected chi connectivity index (χ3v) is 7.26. The van der Waals surface area contributed by atoms with Crippen molar-refractivity contribution in [1.29, 1.82) is 0 Å². The second-order valence-electron chi connectivity index (χ2n) is 7.67. The first-order valence-electron chi connectivity index (χ1n) is 10.8. The van der Waals surface area contributed by atoms with Gasteiger partial charge in [-0.15, -0.1) is 0 Å². The maximum Gasteiger partial charge on any atom is 0.293 e. The van der Waals surface area contributed by atoms with E-state index in [0.29, 0.717) is 54.2 Å². The number of carbonyl (C=O) groups is 2. The molecule has 0 atom stereocenters. The molecule has 186 valence electrons. The molecule has 0 aromatic heterocycles. The number of benzene rings is 3. The summed E-state index contributed by atoms with van der Waals surface area (Å²) in [5.41, 5.74) is 2.10. The molecule has 0 aliphatic carbocycles. The van der Waals surface area contributed by atoms with Crippen molar-refractivity contribution in [2.75, 3.05) is 6.61 Å². The lowest BCUT2D eigenvalue weighted by molar-refractivity contribution is -0.123. The Morgan fingerprint density at radius 3 is 2.14 bits per heavy atom. The third-order valence-electron chi connectivity index (χ3n) is 5.18.